The standard InChI is InChI=1S/C14H14ClN3O4/c1-7-11(12(16)22-18-7)14(20)21-8(2)13(19)17-10-5-3-4-9(15)6-10/h3-6,8H,16H2,1-2H3,(H,17,19)/t8-/m0/s1. The van der Waals surface area contributed by atoms with Crippen LogP contribution in [0.2, 0.25) is 5.02 Å². The Bertz CT molecular complexity index is 694. The third-order valence-corrected chi connectivity index (χ3v) is 3.07. The third-order valence-electron chi connectivity index (χ3n) is 2.84. The number of nitrogen functional groups attached to an aromatic ring is 1. The number of hydrogen-bond acceptors (Lipinski definition) is 6. The van der Waals surface area contributed by atoms with Gasteiger partial charge in [0.15, 0.2) is 6.10 Å². The van der Waals surface area contributed by atoms with Gasteiger partial charge < -0.3 is 20.3 Å². The van der Waals surface area contributed by atoms with Crippen LogP contribution in [0.25, 0.3) is 0 Å². The first kappa shape index (κ1) is 15.8. The molecule has 0 unspecified atom stereocenters. The number of nitrogens with one attached hydrogen (secondary N) is 1. The minimum Gasteiger partial charge on any atom is -0.449 e. The molecule has 1 heterocycles. The molecule has 22 heavy (non-hydrogen) atoms. The third kappa shape index (κ3) is 3.56. The zero-order valence-electron chi connectivity index (χ0n) is 11.9. The van der Waals surface area contributed by atoms with E-state index in [1.807, 2.05) is 0 Å². The average molecular weight is 324 g/mol. The van der Waals surface area contributed by atoms with Crippen LogP contribution in [0.5, 0.6) is 0 Å². The van der Waals surface area contributed by atoms with Crippen molar-refractivity contribution < 1.29 is 18.8 Å². The number of halogens is 1. The number of amides is 1. The lowest BCUT2D eigenvalue weighted by molar-refractivity contribution is -0.123. The van der Waals surface area contributed by atoms with E-state index in [4.69, 9.17) is 22.1 Å². The summed E-state index contributed by atoms with van der Waals surface area (Å²) < 4.78 is 9.74. The molecular formula is C14H14ClN3O4. The quantitative estimate of drug-likeness (QED) is 0.836. The lowest BCUT2D eigenvalue weighted by Crippen LogP contribution is -2.30. The lowest BCUT2D eigenvalue weighted by Gasteiger charge is -2.13. The number of hydrogen-bond donors (Lipinski definition) is 2. The molecule has 2 aromatic rings. The average Bonchev–Trinajstić information content (AvgIpc) is 2.78. The van der Waals surface area contributed by atoms with Crippen LogP contribution in [-0.2, 0) is 9.53 Å². The molecular weight excluding hydrogens is 310 g/mol. The first-order valence-corrected chi connectivity index (χ1v) is 6.75. The highest BCUT2D eigenvalue weighted by molar-refractivity contribution is 6.30. The fourth-order valence-electron chi connectivity index (χ4n) is 1.72. The maximum Gasteiger partial charge on any atom is 0.346 e. The first-order chi connectivity index (χ1) is 10.4. The van der Waals surface area contributed by atoms with E-state index < -0.39 is 18.0 Å². The van der Waals surface area contributed by atoms with Gasteiger partial charge in [-0.25, -0.2) is 4.79 Å². The van der Waals surface area contributed by atoms with E-state index in [-0.39, 0.29) is 11.4 Å². The summed E-state index contributed by atoms with van der Waals surface area (Å²) in [5, 5.41) is 6.62. The van der Waals surface area contributed by atoms with Gasteiger partial charge in [-0.15, -0.1) is 0 Å². The fourth-order valence-corrected chi connectivity index (χ4v) is 1.91. The number of rotatable bonds is 4. The van der Waals surface area contributed by atoms with Gasteiger partial charge in [-0.2, -0.15) is 0 Å². The van der Waals surface area contributed by atoms with Gasteiger partial charge in [-0.3, -0.25) is 4.79 Å². The molecule has 0 fully saturated rings. The Morgan fingerprint density at radius 3 is 2.77 bits per heavy atom. The van der Waals surface area contributed by atoms with Crippen molar-refractivity contribution >= 4 is 35.0 Å². The molecule has 0 saturated carbocycles. The summed E-state index contributed by atoms with van der Waals surface area (Å²) in [5.41, 5.74) is 6.30. The van der Waals surface area contributed by atoms with E-state index in [0.29, 0.717) is 16.4 Å². The zero-order valence-corrected chi connectivity index (χ0v) is 12.7. The Hall–Kier alpha value is -2.54. The number of nitrogens with two attached hydrogens (primary N) is 1. The van der Waals surface area contributed by atoms with Crippen molar-refractivity contribution in [3.63, 3.8) is 0 Å². The molecule has 1 atom stereocenters. The number of esters is 1. The smallest absolute Gasteiger partial charge is 0.346 e. The highest BCUT2D eigenvalue weighted by atomic mass is 35.5. The molecule has 0 saturated heterocycles. The van der Waals surface area contributed by atoms with Gasteiger partial charge in [-0.1, -0.05) is 22.8 Å². The Kier molecular flexibility index (Phi) is 4.67. The molecule has 1 amide bonds. The van der Waals surface area contributed by atoms with Crippen LogP contribution in [0.4, 0.5) is 11.6 Å². The van der Waals surface area contributed by atoms with Gasteiger partial charge in [0.1, 0.15) is 5.56 Å². The number of carbonyl (C=O) groups excluding carboxylic acids is 2. The van der Waals surface area contributed by atoms with Gasteiger partial charge in [-0.05, 0) is 32.0 Å². The van der Waals surface area contributed by atoms with Gasteiger partial charge in [0.2, 0.25) is 5.88 Å². The Morgan fingerprint density at radius 1 is 1.45 bits per heavy atom. The number of carbonyl (C=O) groups is 2. The predicted octanol–water partition coefficient (Wildman–Crippen LogP) is 2.40. The molecule has 0 aliphatic carbocycles. The molecule has 7 nitrogen and oxygen atoms in total. The largest absolute Gasteiger partial charge is 0.449 e. The Balaban J connectivity index is 2.01. The topological polar surface area (TPSA) is 107 Å². The van der Waals surface area contributed by atoms with E-state index in [2.05, 4.69) is 15.0 Å². The number of anilines is 2. The molecule has 2 rings (SSSR count). The zero-order chi connectivity index (χ0) is 16.3. The minimum atomic E-state index is -1.03. The van der Waals surface area contributed by atoms with Crippen LogP contribution >= 0.6 is 11.6 Å². The summed E-state index contributed by atoms with van der Waals surface area (Å²) in [6.45, 7) is 2.99. The molecule has 8 heteroatoms. The number of ether oxygens (including phenoxy) is 1. The second kappa shape index (κ2) is 6.48. The molecule has 0 aliphatic rings. The molecule has 0 aliphatic heterocycles. The van der Waals surface area contributed by atoms with Crippen LogP contribution in [0.1, 0.15) is 23.0 Å². The summed E-state index contributed by atoms with van der Waals surface area (Å²) in [7, 11) is 0. The first-order valence-electron chi connectivity index (χ1n) is 6.37. The van der Waals surface area contributed by atoms with Crippen LogP contribution in [0.3, 0.4) is 0 Å². The van der Waals surface area contributed by atoms with Crippen molar-refractivity contribution in [3.8, 4) is 0 Å². The second-order valence-corrected chi connectivity index (χ2v) is 4.99. The number of nitrogens with zero attached hydrogens (tertiary/aromatic N) is 1. The Labute approximate surface area is 131 Å². The molecule has 1 aromatic carbocycles. The molecule has 0 radical (unpaired) electrons. The van der Waals surface area contributed by atoms with Crippen molar-refractivity contribution in [1.29, 1.82) is 0 Å². The summed E-state index contributed by atoms with van der Waals surface area (Å²) >= 11 is 5.83. The number of aryl methyl sites for hydroxylation is 1. The van der Waals surface area contributed by atoms with E-state index in [1.165, 1.54) is 6.92 Å². The van der Waals surface area contributed by atoms with Crippen LogP contribution < -0.4 is 11.1 Å². The van der Waals surface area contributed by atoms with Crippen molar-refractivity contribution in [2.75, 3.05) is 11.1 Å². The number of aromatic nitrogens is 1. The summed E-state index contributed by atoms with van der Waals surface area (Å²) in [6.07, 6.45) is -1.03. The summed E-state index contributed by atoms with van der Waals surface area (Å²) in [4.78, 5) is 24.0. The monoisotopic (exact) mass is 323 g/mol. The van der Waals surface area contributed by atoms with E-state index in [0.717, 1.165) is 0 Å². The fraction of sp³-hybridized carbons (Fsp3) is 0.214. The van der Waals surface area contributed by atoms with Crippen LogP contribution in [0.15, 0.2) is 28.8 Å². The van der Waals surface area contributed by atoms with Crippen molar-refractivity contribution in [1.82, 2.24) is 5.16 Å². The van der Waals surface area contributed by atoms with Gasteiger partial charge in [0.25, 0.3) is 5.91 Å². The van der Waals surface area contributed by atoms with Crippen molar-refractivity contribution in [3.05, 3.63) is 40.5 Å². The SMILES string of the molecule is Cc1noc(N)c1C(=O)O[C@@H](C)C(=O)Nc1cccc(Cl)c1. The molecule has 3 N–H and O–H groups in total. The summed E-state index contributed by atoms with van der Waals surface area (Å²) in [5.74, 6) is -1.42. The highest BCUT2D eigenvalue weighted by Gasteiger charge is 2.24. The molecule has 0 bridgehead atoms. The molecule has 0 spiro atoms. The van der Waals surface area contributed by atoms with Gasteiger partial charge in [0.05, 0.1) is 5.69 Å². The maximum absolute atomic E-state index is 12.0. The maximum atomic E-state index is 12.0. The van der Waals surface area contributed by atoms with E-state index >= 15 is 0 Å². The van der Waals surface area contributed by atoms with Crippen LogP contribution in [0, 0.1) is 6.92 Å². The Morgan fingerprint density at radius 2 is 2.18 bits per heavy atom. The molecule has 1 aromatic heterocycles. The second-order valence-electron chi connectivity index (χ2n) is 4.55. The summed E-state index contributed by atoms with van der Waals surface area (Å²) in [6, 6.07) is 6.62. The minimum absolute atomic E-state index is 0.0161. The van der Waals surface area contributed by atoms with E-state index in [9.17, 15) is 9.59 Å². The van der Waals surface area contributed by atoms with Crippen molar-refractivity contribution in [2.45, 2.75) is 20.0 Å². The highest BCUT2D eigenvalue weighted by Crippen LogP contribution is 2.18. The molecule has 116 valence electrons. The van der Waals surface area contributed by atoms with Gasteiger partial charge >= 0.3 is 5.97 Å². The van der Waals surface area contributed by atoms with Gasteiger partial charge in [0, 0.05) is 10.7 Å². The number of benzene rings is 1. The van der Waals surface area contributed by atoms with Crippen molar-refractivity contribution in [2.24, 2.45) is 0 Å². The normalized spacial score (nSPS) is 11.8. The van der Waals surface area contributed by atoms with Crippen LogP contribution in [-0.4, -0.2) is 23.1 Å². The predicted molar refractivity (Wildman–Crippen MR) is 80.6 cm³/mol. The lowest BCUT2D eigenvalue weighted by atomic mass is 10.2. The van der Waals surface area contributed by atoms with E-state index in [1.54, 1.807) is 31.2 Å².